The number of aryl methyl sites for hydroxylation is 1. The van der Waals surface area contributed by atoms with Crippen LogP contribution in [0.2, 0.25) is 0 Å². The summed E-state index contributed by atoms with van der Waals surface area (Å²) in [4.78, 5) is 27.0. The Hall–Kier alpha value is -4.63. The first-order chi connectivity index (χ1) is 18.3. The van der Waals surface area contributed by atoms with Crippen molar-refractivity contribution >= 4 is 28.5 Å². The minimum atomic E-state index is -1.84. The van der Waals surface area contributed by atoms with Crippen LogP contribution in [0.4, 0.5) is 5.69 Å². The van der Waals surface area contributed by atoms with Crippen LogP contribution in [0.3, 0.4) is 0 Å². The van der Waals surface area contributed by atoms with Crippen molar-refractivity contribution in [2.24, 2.45) is 0 Å². The van der Waals surface area contributed by atoms with E-state index in [1.807, 2.05) is 13.0 Å². The quantitative estimate of drug-likeness (QED) is 0.217. The van der Waals surface area contributed by atoms with Gasteiger partial charge in [0.15, 0.2) is 0 Å². The van der Waals surface area contributed by atoms with Crippen molar-refractivity contribution < 1.29 is 32.6 Å². The molecule has 4 aromatic carbocycles. The molecule has 9 heteroatoms. The Labute approximate surface area is 222 Å². The molecule has 0 saturated heterocycles. The molecule has 194 valence electrons. The molecule has 0 bridgehead atoms. The number of nitrogens with one attached hydrogen (secondary N) is 1. The Balaban J connectivity index is 1.54. The molecule has 1 amide bonds. The summed E-state index contributed by atoms with van der Waals surface area (Å²) in [7, 11) is 1.49. The standard InChI is InChI=1S/C29H25NO7S/c1-19-8-17-26(35-2)25(18-19)30-29(33)28(27(32)20-6-4-3-5-7-20)36-22-13-15-24(16-14-22)38(34)37-23-11-9-21(31)10-12-23/h3-18,28,31H,1-2H3,(H,30,33). The summed E-state index contributed by atoms with van der Waals surface area (Å²) in [5.41, 5.74) is 1.61. The van der Waals surface area contributed by atoms with Crippen LogP contribution in [0.25, 0.3) is 0 Å². The van der Waals surface area contributed by atoms with Crippen LogP contribution in [0.15, 0.2) is 102 Å². The Morgan fingerprint density at radius 3 is 2.18 bits per heavy atom. The largest absolute Gasteiger partial charge is 0.508 e. The van der Waals surface area contributed by atoms with E-state index in [0.717, 1.165) is 5.56 Å². The Morgan fingerprint density at radius 1 is 0.868 bits per heavy atom. The van der Waals surface area contributed by atoms with Gasteiger partial charge in [-0.05, 0) is 73.2 Å². The van der Waals surface area contributed by atoms with Crippen LogP contribution in [0.1, 0.15) is 15.9 Å². The molecule has 4 rings (SSSR count). The number of methoxy groups -OCH3 is 1. The fraction of sp³-hybridized carbons (Fsp3) is 0.103. The SMILES string of the molecule is COc1ccc(C)cc1NC(=O)C(Oc1ccc(S(=O)Oc2ccc(O)cc2)cc1)C(=O)c1ccccc1. The van der Waals surface area contributed by atoms with E-state index < -0.39 is 28.9 Å². The predicted molar refractivity (Wildman–Crippen MR) is 143 cm³/mol. The molecule has 0 fully saturated rings. The number of phenols is 1. The summed E-state index contributed by atoms with van der Waals surface area (Å²) >= 11 is -1.84. The maximum absolute atomic E-state index is 13.3. The predicted octanol–water partition coefficient (Wildman–Crippen LogP) is 5.08. The number of carbonyl (C=O) groups excluding carboxylic acids is 2. The van der Waals surface area contributed by atoms with Crippen molar-refractivity contribution in [1.82, 2.24) is 0 Å². The number of hydrogen-bond donors (Lipinski definition) is 2. The van der Waals surface area contributed by atoms with Crippen LogP contribution in [-0.4, -0.2) is 34.2 Å². The third-order valence-electron chi connectivity index (χ3n) is 5.43. The van der Waals surface area contributed by atoms with Gasteiger partial charge in [0.1, 0.15) is 23.0 Å². The average Bonchev–Trinajstić information content (AvgIpc) is 2.93. The molecule has 0 aliphatic heterocycles. The zero-order valence-electron chi connectivity index (χ0n) is 20.6. The Kier molecular flexibility index (Phi) is 8.40. The number of anilines is 1. The number of carbonyl (C=O) groups is 2. The highest BCUT2D eigenvalue weighted by Gasteiger charge is 2.30. The zero-order chi connectivity index (χ0) is 27.1. The summed E-state index contributed by atoms with van der Waals surface area (Å²) in [6, 6.07) is 25.5. The number of ketones is 1. The Morgan fingerprint density at radius 2 is 1.53 bits per heavy atom. The van der Waals surface area contributed by atoms with Crippen molar-refractivity contribution in [3.8, 4) is 23.0 Å². The fourth-order valence-corrected chi connectivity index (χ4v) is 4.24. The summed E-state index contributed by atoms with van der Waals surface area (Å²) in [5, 5.41) is 12.1. The highest BCUT2D eigenvalue weighted by atomic mass is 32.2. The van der Waals surface area contributed by atoms with E-state index in [-0.39, 0.29) is 11.5 Å². The lowest BCUT2D eigenvalue weighted by Crippen LogP contribution is -2.40. The van der Waals surface area contributed by atoms with E-state index in [0.29, 0.717) is 27.6 Å². The molecule has 0 aliphatic rings. The number of phenolic OH excluding ortho intramolecular Hbond substituents is 1. The number of amides is 1. The van der Waals surface area contributed by atoms with Crippen LogP contribution in [0.5, 0.6) is 23.0 Å². The summed E-state index contributed by atoms with van der Waals surface area (Å²) in [6.45, 7) is 1.87. The van der Waals surface area contributed by atoms with E-state index >= 15 is 0 Å². The second-order valence-corrected chi connectivity index (χ2v) is 9.31. The molecule has 2 unspecified atom stereocenters. The minimum Gasteiger partial charge on any atom is -0.508 e. The lowest BCUT2D eigenvalue weighted by atomic mass is 10.1. The number of benzene rings is 4. The van der Waals surface area contributed by atoms with Crippen molar-refractivity contribution in [2.45, 2.75) is 17.9 Å². The van der Waals surface area contributed by atoms with E-state index in [1.165, 1.54) is 55.6 Å². The molecule has 0 heterocycles. The second kappa shape index (κ2) is 12.1. The molecule has 2 atom stereocenters. The first kappa shape index (κ1) is 26.4. The molecule has 4 aromatic rings. The van der Waals surface area contributed by atoms with Gasteiger partial charge < -0.3 is 24.1 Å². The van der Waals surface area contributed by atoms with E-state index in [9.17, 15) is 18.9 Å². The monoisotopic (exact) mass is 531 g/mol. The summed E-state index contributed by atoms with van der Waals surface area (Å²) in [5.74, 6) is -0.164. The molecule has 0 aliphatic carbocycles. The number of aromatic hydroxyl groups is 1. The van der Waals surface area contributed by atoms with Crippen LogP contribution in [0, 0.1) is 6.92 Å². The van der Waals surface area contributed by atoms with Gasteiger partial charge in [0.2, 0.25) is 23.0 Å². The van der Waals surface area contributed by atoms with Crippen molar-refractivity contribution in [1.29, 1.82) is 0 Å². The maximum atomic E-state index is 13.3. The van der Waals surface area contributed by atoms with Crippen LogP contribution >= 0.6 is 0 Å². The summed E-state index contributed by atoms with van der Waals surface area (Å²) in [6.07, 6.45) is -1.51. The van der Waals surface area contributed by atoms with Crippen molar-refractivity contribution in [2.75, 3.05) is 12.4 Å². The molecule has 2 N–H and O–H groups in total. The molecule has 0 aromatic heterocycles. The lowest BCUT2D eigenvalue weighted by molar-refractivity contribution is -0.120. The third kappa shape index (κ3) is 6.57. The molecule has 38 heavy (non-hydrogen) atoms. The van der Waals surface area contributed by atoms with Gasteiger partial charge in [-0.1, -0.05) is 36.4 Å². The van der Waals surface area contributed by atoms with Crippen LogP contribution < -0.4 is 19.0 Å². The molecule has 0 saturated carbocycles. The molecule has 0 spiro atoms. The first-order valence-corrected chi connectivity index (χ1v) is 12.6. The van der Waals surface area contributed by atoms with Gasteiger partial charge in [-0.25, -0.2) is 4.21 Å². The van der Waals surface area contributed by atoms with Gasteiger partial charge in [-0.15, -0.1) is 0 Å². The maximum Gasteiger partial charge on any atom is 0.273 e. The van der Waals surface area contributed by atoms with Crippen molar-refractivity contribution in [3.05, 3.63) is 108 Å². The second-order valence-electron chi connectivity index (χ2n) is 8.20. The van der Waals surface area contributed by atoms with Gasteiger partial charge in [-0.3, -0.25) is 9.59 Å². The third-order valence-corrected chi connectivity index (χ3v) is 6.43. The smallest absolute Gasteiger partial charge is 0.273 e. The topological polar surface area (TPSA) is 111 Å². The van der Waals surface area contributed by atoms with Gasteiger partial charge in [-0.2, -0.15) is 0 Å². The molecule has 0 radical (unpaired) electrons. The normalized spacial score (nSPS) is 12.2. The lowest BCUT2D eigenvalue weighted by Gasteiger charge is -2.19. The van der Waals surface area contributed by atoms with Crippen LogP contribution in [-0.2, 0) is 15.9 Å². The summed E-state index contributed by atoms with van der Waals surface area (Å²) < 4.78 is 29.2. The van der Waals surface area contributed by atoms with Gasteiger partial charge >= 0.3 is 0 Å². The highest BCUT2D eigenvalue weighted by molar-refractivity contribution is 7.80. The average molecular weight is 532 g/mol. The molecular weight excluding hydrogens is 506 g/mol. The van der Waals surface area contributed by atoms with Gasteiger partial charge in [0.05, 0.1) is 17.7 Å². The van der Waals surface area contributed by atoms with E-state index in [4.69, 9.17) is 13.7 Å². The number of rotatable bonds is 10. The number of ether oxygens (including phenoxy) is 2. The zero-order valence-corrected chi connectivity index (χ0v) is 21.4. The van der Waals surface area contributed by atoms with Crippen molar-refractivity contribution in [3.63, 3.8) is 0 Å². The molecule has 8 nitrogen and oxygen atoms in total. The Bertz CT molecular complexity index is 1440. The first-order valence-electron chi connectivity index (χ1n) is 11.5. The minimum absolute atomic E-state index is 0.0640. The number of hydrogen-bond acceptors (Lipinski definition) is 7. The number of Topliss-reactive ketones (excluding diaryl/α,β-unsaturated/α-hetero) is 1. The van der Waals surface area contributed by atoms with E-state index in [2.05, 4.69) is 5.32 Å². The highest BCUT2D eigenvalue weighted by Crippen LogP contribution is 2.27. The fourth-order valence-electron chi connectivity index (χ4n) is 3.50. The van der Waals surface area contributed by atoms with Gasteiger partial charge in [0, 0.05) is 5.56 Å². The van der Waals surface area contributed by atoms with Gasteiger partial charge in [0.25, 0.3) is 5.91 Å². The molecular formula is C29H25NO7S. The van der Waals surface area contributed by atoms with E-state index in [1.54, 1.807) is 42.5 Å².